The number of fused-ring (bicyclic) bond motifs is 1. The summed E-state index contributed by atoms with van der Waals surface area (Å²) in [6, 6.07) is 22.3. The second-order valence-electron chi connectivity index (χ2n) is 9.81. The van der Waals surface area contributed by atoms with Gasteiger partial charge in [0.2, 0.25) is 5.91 Å². The van der Waals surface area contributed by atoms with Crippen molar-refractivity contribution in [3.05, 3.63) is 101 Å². The third kappa shape index (κ3) is 4.92. The summed E-state index contributed by atoms with van der Waals surface area (Å²) in [4.78, 5) is 40.6. The van der Waals surface area contributed by atoms with Crippen LogP contribution in [0.5, 0.6) is 5.75 Å². The number of allylic oxidation sites excluding steroid dienone is 1. The monoisotopic (exact) mass is 510 g/mol. The summed E-state index contributed by atoms with van der Waals surface area (Å²) < 4.78 is 5.34. The number of carbonyl (C=O) groups excluding carboxylic acids is 2. The van der Waals surface area contributed by atoms with Crippen molar-refractivity contribution in [3.63, 3.8) is 0 Å². The van der Waals surface area contributed by atoms with E-state index in [9.17, 15) is 19.5 Å². The second kappa shape index (κ2) is 10.5. The van der Waals surface area contributed by atoms with Gasteiger partial charge in [-0.25, -0.2) is 0 Å². The maximum absolute atomic E-state index is 14.0. The number of ether oxygens (including phenoxy) is 1. The van der Waals surface area contributed by atoms with Gasteiger partial charge in [-0.2, -0.15) is 0 Å². The molecule has 2 aliphatic rings. The number of para-hydroxylation sites is 2. The molecule has 38 heavy (non-hydrogen) atoms. The second-order valence-corrected chi connectivity index (χ2v) is 9.81. The molecule has 0 saturated heterocycles. The molecule has 2 atom stereocenters. The van der Waals surface area contributed by atoms with Crippen molar-refractivity contribution in [2.75, 3.05) is 17.3 Å². The van der Waals surface area contributed by atoms with Gasteiger partial charge in [-0.05, 0) is 54.7 Å². The highest BCUT2D eigenvalue weighted by Crippen LogP contribution is 2.47. The van der Waals surface area contributed by atoms with Crippen molar-refractivity contribution < 1.29 is 24.2 Å². The number of Topliss-reactive ketones (excluding diaryl/α,β-unsaturated/α-hetero) is 1. The van der Waals surface area contributed by atoms with Crippen LogP contribution in [-0.4, -0.2) is 29.9 Å². The maximum atomic E-state index is 14.0. The summed E-state index contributed by atoms with van der Waals surface area (Å²) in [6.07, 6.45) is 0.459. The fraction of sp³-hybridized carbons (Fsp3) is 0.258. The highest BCUT2D eigenvalue weighted by Gasteiger charge is 2.41. The van der Waals surface area contributed by atoms with Gasteiger partial charge >= 0.3 is 5.97 Å². The first kappa shape index (κ1) is 25.3. The van der Waals surface area contributed by atoms with Crippen molar-refractivity contribution >= 4 is 29.0 Å². The van der Waals surface area contributed by atoms with E-state index in [1.807, 2.05) is 55.5 Å². The minimum atomic E-state index is -1.05. The van der Waals surface area contributed by atoms with Crippen LogP contribution in [0.15, 0.2) is 84.1 Å². The Labute approximate surface area is 221 Å². The van der Waals surface area contributed by atoms with Crippen LogP contribution in [0.1, 0.15) is 54.3 Å². The van der Waals surface area contributed by atoms with Crippen LogP contribution < -0.4 is 15.0 Å². The van der Waals surface area contributed by atoms with E-state index in [1.54, 1.807) is 12.0 Å². The molecule has 1 heterocycles. The minimum absolute atomic E-state index is 0.00675. The number of aliphatic carboxylic acids is 1. The Morgan fingerprint density at radius 3 is 2.32 bits per heavy atom. The molecule has 7 nitrogen and oxygen atoms in total. The molecule has 194 valence electrons. The van der Waals surface area contributed by atoms with E-state index in [0.717, 1.165) is 22.4 Å². The molecule has 3 aromatic carbocycles. The normalized spacial score (nSPS) is 18.7. The Bertz CT molecular complexity index is 1410. The van der Waals surface area contributed by atoms with Crippen molar-refractivity contribution in [2.24, 2.45) is 0 Å². The predicted molar refractivity (Wildman–Crippen MR) is 145 cm³/mol. The van der Waals surface area contributed by atoms with Crippen LogP contribution in [0.25, 0.3) is 0 Å². The van der Waals surface area contributed by atoms with Gasteiger partial charge in [-0.1, -0.05) is 54.1 Å². The Hall–Kier alpha value is -4.39. The molecule has 0 fully saturated rings. The number of carbonyl (C=O) groups is 3. The lowest BCUT2D eigenvalue weighted by Crippen LogP contribution is -2.38. The van der Waals surface area contributed by atoms with E-state index in [0.29, 0.717) is 35.5 Å². The summed E-state index contributed by atoms with van der Waals surface area (Å²) in [5.74, 6) is -0.769. The van der Waals surface area contributed by atoms with Crippen molar-refractivity contribution in [1.29, 1.82) is 0 Å². The number of hydrogen-bond donors (Lipinski definition) is 2. The van der Waals surface area contributed by atoms with Gasteiger partial charge in [-0.15, -0.1) is 0 Å². The van der Waals surface area contributed by atoms with E-state index in [4.69, 9.17) is 4.74 Å². The lowest BCUT2D eigenvalue weighted by molar-refractivity contribution is -0.138. The zero-order valence-electron chi connectivity index (χ0n) is 21.4. The van der Waals surface area contributed by atoms with Gasteiger partial charge in [0.25, 0.3) is 0 Å². The van der Waals surface area contributed by atoms with Gasteiger partial charge in [0.05, 0.1) is 30.9 Å². The number of nitrogens with one attached hydrogen (secondary N) is 1. The highest BCUT2D eigenvalue weighted by molar-refractivity contribution is 6.06. The third-order valence-electron chi connectivity index (χ3n) is 7.29. The molecule has 7 heteroatoms. The number of carboxylic acid groups (broad SMARTS) is 1. The van der Waals surface area contributed by atoms with Gasteiger partial charge in [0.15, 0.2) is 5.78 Å². The van der Waals surface area contributed by atoms with Crippen LogP contribution in [0.4, 0.5) is 11.4 Å². The van der Waals surface area contributed by atoms with E-state index < -0.39 is 12.0 Å². The molecule has 2 N–H and O–H groups in total. The molecule has 0 spiro atoms. The Morgan fingerprint density at radius 2 is 1.63 bits per heavy atom. The Kier molecular flexibility index (Phi) is 7.01. The largest absolute Gasteiger partial charge is 0.497 e. The van der Waals surface area contributed by atoms with E-state index in [1.165, 1.54) is 0 Å². The topological polar surface area (TPSA) is 95.9 Å². The minimum Gasteiger partial charge on any atom is -0.497 e. The summed E-state index contributed by atoms with van der Waals surface area (Å²) >= 11 is 0. The van der Waals surface area contributed by atoms with Crippen LogP contribution >= 0.6 is 0 Å². The van der Waals surface area contributed by atoms with Crippen LogP contribution in [-0.2, 0) is 14.4 Å². The van der Waals surface area contributed by atoms with Gasteiger partial charge < -0.3 is 15.2 Å². The fourth-order valence-electron chi connectivity index (χ4n) is 5.38. The van der Waals surface area contributed by atoms with E-state index in [2.05, 4.69) is 29.6 Å². The van der Waals surface area contributed by atoms with Crippen LogP contribution in [0.3, 0.4) is 0 Å². The molecular weight excluding hydrogens is 480 g/mol. The number of hydrogen-bond acceptors (Lipinski definition) is 5. The zero-order chi connectivity index (χ0) is 26.8. The van der Waals surface area contributed by atoms with E-state index in [-0.39, 0.29) is 30.4 Å². The molecule has 1 amide bonds. The molecule has 0 aromatic heterocycles. The number of amides is 1. The molecule has 3 aromatic rings. The molecule has 1 aliphatic heterocycles. The Balaban J connectivity index is 1.67. The number of methoxy groups -OCH3 is 1. The molecule has 0 saturated carbocycles. The summed E-state index contributed by atoms with van der Waals surface area (Å²) in [5, 5.41) is 12.8. The van der Waals surface area contributed by atoms with Crippen molar-refractivity contribution in [3.8, 4) is 5.75 Å². The number of nitrogens with zero attached hydrogens (tertiary/aromatic N) is 1. The number of carboxylic acids is 1. The predicted octanol–water partition coefficient (Wildman–Crippen LogP) is 5.77. The molecular formula is C31H30N2O5. The number of anilines is 2. The number of benzene rings is 3. The number of ketones is 1. The molecule has 1 aliphatic carbocycles. The lowest BCUT2D eigenvalue weighted by Gasteiger charge is -2.35. The third-order valence-corrected chi connectivity index (χ3v) is 7.29. The SMILES string of the molecule is COc1ccc([C@@H]2C3=C(C[C@@H](c4ccc(C)cc4)CC3=O)Nc3ccccc3N2C(=O)CCC(=O)O)cc1. The Morgan fingerprint density at radius 1 is 0.947 bits per heavy atom. The number of rotatable bonds is 6. The van der Waals surface area contributed by atoms with Crippen LogP contribution in [0.2, 0.25) is 0 Å². The molecule has 5 rings (SSSR count). The smallest absolute Gasteiger partial charge is 0.303 e. The first-order valence-electron chi connectivity index (χ1n) is 12.7. The maximum Gasteiger partial charge on any atom is 0.303 e. The van der Waals surface area contributed by atoms with Gasteiger partial charge in [-0.3, -0.25) is 19.3 Å². The fourth-order valence-corrected chi connectivity index (χ4v) is 5.38. The first-order valence-corrected chi connectivity index (χ1v) is 12.7. The zero-order valence-corrected chi connectivity index (χ0v) is 21.4. The highest BCUT2D eigenvalue weighted by atomic mass is 16.5. The average Bonchev–Trinajstić information content (AvgIpc) is 3.07. The van der Waals surface area contributed by atoms with Gasteiger partial charge in [0, 0.05) is 24.1 Å². The number of aryl methyl sites for hydroxylation is 1. The summed E-state index contributed by atoms with van der Waals surface area (Å²) in [5.41, 5.74) is 5.65. The first-order chi connectivity index (χ1) is 18.4. The van der Waals surface area contributed by atoms with E-state index >= 15 is 0 Å². The quantitative estimate of drug-likeness (QED) is 0.437. The molecule has 0 radical (unpaired) electrons. The molecule has 0 bridgehead atoms. The standard InChI is InChI=1S/C31H30N2O5/c1-19-7-9-20(10-8-19)22-17-25-30(27(34)18-22)31(21-11-13-23(38-2)14-12-21)33(28(35)15-16-29(36)37)26-6-4-3-5-24(26)32-25/h3-14,22,31-32H,15-18H2,1-2H3,(H,36,37)/t22-,31-/m1/s1. The lowest BCUT2D eigenvalue weighted by atomic mass is 9.78. The average molecular weight is 511 g/mol. The molecule has 0 unspecified atom stereocenters. The summed E-state index contributed by atoms with van der Waals surface area (Å²) in [6.45, 7) is 2.04. The van der Waals surface area contributed by atoms with Gasteiger partial charge in [0.1, 0.15) is 5.75 Å². The van der Waals surface area contributed by atoms with Crippen molar-refractivity contribution in [1.82, 2.24) is 0 Å². The van der Waals surface area contributed by atoms with Crippen LogP contribution in [0, 0.1) is 6.92 Å². The summed E-state index contributed by atoms with van der Waals surface area (Å²) in [7, 11) is 1.58. The van der Waals surface area contributed by atoms with Crippen molar-refractivity contribution in [2.45, 2.75) is 44.6 Å².